The van der Waals surface area contributed by atoms with Crippen LogP contribution >= 0.6 is 11.3 Å². The number of nitrogens with zero attached hydrogens (tertiary/aromatic N) is 2. The summed E-state index contributed by atoms with van der Waals surface area (Å²) in [5, 5.41) is 12.5. The molecule has 0 saturated carbocycles. The molecule has 4 aromatic rings. The van der Waals surface area contributed by atoms with E-state index >= 15 is 0 Å². The number of thiazole rings is 1. The van der Waals surface area contributed by atoms with Crippen molar-refractivity contribution in [3.05, 3.63) is 77.9 Å². The number of para-hydroxylation sites is 1. The molecule has 0 aliphatic rings. The largest absolute Gasteiger partial charge is 0.478 e. The van der Waals surface area contributed by atoms with Crippen LogP contribution in [0.1, 0.15) is 10.4 Å². The lowest BCUT2D eigenvalue weighted by Gasteiger charge is -2.13. The summed E-state index contributed by atoms with van der Waals surface area (Å²) in [7, 11) is 1.51. The van der Waals surface area contributed by atoms with Crippen LogP contribution < -0.4 is 5.48 Å². The van der Waals surface area contributed by atoms with Crippen LogP contribution in [-0.4, -0.2) is 28.2 Å². The highest BCUT2D eigenvalue weighted by Crippen LogP contribution is 2.35. The van der Waals surface area contributed by atoms with Crippen molar-refractivity contribution in [2.75, 3.05) is 12.6 Å². The van der Waals surface area contributed by atoms with Crippen LogP contribution in [0.4, 0.5) is 5.69 Å². The summed E-state index contributed by atoms with van der Waals surface area (Å²) in [6.07, 6.45) is 3.47. The van der Waals surface area contributed by atoms with Crippen LogP contribution in [0.3, 0.4) is 0 Å². The Morgan fingerprint density at radius 1 is 1.07 bits per heavy atom. The van der Waals surface area contributed by atoms with Crippen molar-refractivity contribution in [3.63, 3.8) is 0 Å². The molecule has 0 spiro atoms. The third-order valence-corrected chi connectivity index (χ3v) is 5.28. The highest BCUT2D eigenvalue weighted by molar-refractivity contribution is 7.13. The van der Waals surface area contributed by atoms with E-state index < -0.39 is 5.97 Å². The van der Waals surface area contributed by atoms with Crippen molar-refractivity contribution >= 4 is 23.0 Å². The van der Waals surface area contributed by atoms with E-state index in [0.717, 1.165) is 27.4 Å². The SMILES string of the molecule is CONc1ccccc1-c1ccc(-c2nc(-c3cccnc3)cs2)cc1C(=O)O. The van der Waals surface area contributed by atoms with E-state index in [0.29, 0.717) is 11.3 Å². The van der Waals surface area contributed by atoms with Crippen LogP contribution in [0, 0.1) is 0 Å². The van der Waals surface area contributed by atoms with Gasteiger partial charge < -0.3 is 5.11 Å². The molecule has 0 atom stereocenters. The average Bonchev–Trinajstić information content (AvgIpc) is 3.25. The number of hydrogen-bond acceptors (Lipinski definition) is 6. The third-order valence-electron chi connectivity index (χ3n) is 4.39. The zero-order chi connectivity index (χ0) is 20.2. The van der Waals surface area contributed by atoms with E-state index in [1.165, 1.54) is 18.4 Å². The molecule has 0 saturated heterocycles. The van der Waals surface area contributed by atoms with Crippen molar-refractivity contribution in [2.45, 2.75) is 0 Å². The topological polar surface area (TPSA) is 84.3 Å². The summed E-state index contributed by atoms with van der Waals surface area (Å²) >= 11 is 1.47. The molecule has 0 amide bonds. The summed E-state index contributed by atoms with van der Waals surface area (Å²) in [5.74, 6) is -1.00. The van der Waals surface area contributed by atoms with E-state index in [-0.39, 0.29) is 5.56 Å². The van der Waals surface area contributed by atoms with E-state index in [1.54, 1.807) is 24.5 Å². The maximum absolute atomic E-state index is 12.0. The summed E-state index contributed by atoms with van der Waals surface area (Å²) in [6, 6.07) is 16.6. The van der Waals surface area contributed by atoms with E-state index in [4.69, 9.17) is 4.84 Å². The highest BCUT2D eigenvalue weighted by Gasteiger charge is 2.17. The highest BCUT2D eigenvalue weighted by atomic mass is 32.1. The molecule has 29 heavy (non-hydrogen) atoms. The quantitative estimate of drug-likeness (QED) is 0.430. The van der Waals surface area contributed by atoms with Gasteiger partial charge in [-0.25, -0.2) is 9.78 Å². The van der Waals surface area contributed by atoms with Gasteiger partial charge in [-0.1, -0.05) is 30.3 Å². The molecule has 0 unspecified atom stereocenters. The van der Waals surface area contributed by atoms with Gasteiger partial charge in [-0.3, -0.25) is 15.3 Å². The van der Waals surface area contributed by atoms with Gasteiger partial charge in [-0.15, -0.1) is 11.3 Å². The predicted octanol–water partition coefficient (Wildman–Crippen LogP) is 5.21. The van der Waals surface area contributed by atoms with Crippen LogP contribution in [0.15, 0.2) is 72.4 Å². The Kier molecular flexibility index (Phi) is 5.33. The molecule has 0 fully saturated rings. The number of nitrogens with one attached hydrogen (secondary N) is 1. The molecule has 0 aliphatic carbocycles. The Balaban J connectivity index is 1.76. The van der Waals surface area contributed by atoms with Crippen LogP contribution in [-0.2, 0) is 4.84 Å². The third kappa shape index (κ3) is 3.87. The first-order chi connectivity index (χ1) is 14.2. The maximum atomic E-state index is 12.0. The fourth-order valence-electron chi connectivity index (χ4n) is 3.06. The van der Waals surface area contributed by atoms with Gasteiger partial charge in [0.25, 0.3) is 0 Å². The number of hydrogen-bond donors (Lipinski definition) is 2. The second-order valence-electron chi connectivity index (χ2n) is 6.20. The number of aromatic carboxylic acids is 1. The van der Waals surface area contributed by atoms with E-state index in [9.17, 15) is 9.90 Å². The Morgan fingerprint density at radius 2 is 1.93 bits per heavy atom. The van der Waals surface area contributed by atoms with Gasteiger partial charge in [0, 0.05) is 34.5 Å². The second-order valence-corrected chi connectivity index (χ2v) is 7.05. The lowest BCUT2D eigenvalue weighted by Crippen LogP contribution is -2.03. The molecule has 0 bridgehead atoms. The lowest BCUT2D eigenvalue weighted by molar-refractivity contribution is 0.0698. The van der Waals surface area contributed by atoms with Crippen molar-refractivity contribution in [3.8, 4) is 33.0 Å². The predicted molar refractivity (Wildman–Crippen MR) is 114 cm³/mol. The molecule has 7 heteroatoms. The van der Waals surface area contributed by atoms with Crippen LogP contribution in [0.25, 0.3) is 33.0 Å². The van der Waals surface area contributed by atoms with Gasteiger partial charge in [0.2, 0.25) is 0 Å². The van der Waals surface area contributed by atoms with Gasteiger partial charge in [-0.2, -0.15) is 0 Å². The monoisotopic (exact) mass is 403 g/mol. The van der Waals surface area contributed by atoms with Gasteiger partial charge in [0.05, 0.1) is 24.1 Å². The first-order valence-electron chi connectivity index (χ1n) is 8.79. The number of carboxylic acid groups (broad SMARTS) is 1. The second kappa shape index (κ2) is 8.22. The Hall–Kier alpha value is -3.55. The first-order valence-corrected chi connectivity index (χ1v) is 9.67. The normalized spacial score (nSPS) is 10.7. The Labute approximate surface area is 171 Å². The minimum atomic E-state index is -1.00. The van der Waals surface area contributed by atoms with Gasteiger partial charge in [0.1, 0.15) is 5.01 Å². The number of benzene rings is 2. The zero-order valence-electron chi connectivity index (χ0n) is 15.5. The Morgan fingerprint density at radius 3 is 2.69 bits per heavy atom. The fraction of sp³-hybridized carbons (Fsp3) is 0.0455. The van der Waals surface area contributed by atoms with Crippen molar-refractivity contribution in [2.24, 2.45) is 0 Å². The Bertz CT molecular complexity index is 1160. The number of pyridine rings is 1. The van der Waals surface area contributed by atoms with Crippen LogP contribution in [0.2, 0.25) is 0 Å². The number of carbonyl (C=O) groups is 1. The summed E-state index contributed by atoms with van der Waals surface area (Å²) < 4.78 is 0. The van der Waals surface area contributed by atoms with E-state index in [2.05, 4.69) is 15.4 Å². The molecule has 0 radical (unpaired) electrons. The minimum Gasteiger partial charge on any atom is -0.478 e. The lowest BCUT2D eigenvalue weighted by atomic mass is 9.96. The summed E-state index contributed by atoms with van der Waals surface area (Å²) in [5.41, 5.74) is 7.53. The number of anilines is 1. The van der Waals surface area contributed by atoms with Gasteiger partial charge in [0.15, 0.2) is 0 Å². The fourth-order valence-corrected chi connectivity index (χ4v) is 3.89. The summed E-state index contributed by atoms with van der Waals surface area (Å²) in [6.45, 7) is 0. The smallest absolute Gasteiger partial charge is 0.336 e. The summed E-state index contributed by atoms with van der Waals surface area (Å²) in [4.78, 5) is 25.8. The molecule has 2 aromatic carbocycles. The molecule has 2 N–H and O–H groups in total. The minimum absolute atomic E-state index is 0.200. The van der Waals surface area contributed by atoms with Crippen LogP contribution in [0.5, 0.6) is 0 Å². The number of carboxylic acids is 1. The van der Waals surface area contributed by atoms with Crippen molar-refractivity contribution in [1.82, 2.24) is 9.97 Å². The van der Waals surface area contributed by atoms with Crippen molar-refractivity contribution in [1.29, 1.82) is 0 Å². The maximum Gasteiger partial charge on any atom is 0.336 e. The van der Waals surface area contributed by atoms with Gasteiger partial charge >= 0.3 is 5.97 Å². The molecule has 2 heterocycles. The molecular formula is C22H17N3O3S. The van der Waals surface area contributed by atoms with Gasteiger partial charge in [-0.05, 0) is 29.8 Å². The van der Waals surface area contributed by atoms with Crippen molar-refractivity contribution < 1.29 is 14.7 Å². The molecule has 6 nitrogen and oxygen atoms in total. The molecule has 4 rings (SSSR count). The molecule has 144 valence electrons. The average molecular weight is 403 g/mol. The molecular weight excluding hydrogens is 386 g/mol. The first kappa shape index (κ1) is 18.8. The van der Waals surface area contributed by atoms with E-state index in [1.807, 2.05) is 47.8 Å². The standard InChI is InChI=1S/C22H17N3O3S/c1-28-25-19-7-3-2-6-17(19)16-9-8-14(11-18(16)22(26)27)21-24-20(13-29-21)15-5-4-10-23-12-15/h2-13,25H,1H3,(H,26,27). The number of rotatable bonds is 6. The molecule has 2 aromatic heterocycles. The molecule has 0 aliphatic heterocycles. The zero-order valence-corrected chi connectivity index (χ0v) is 16.3. The number of aromatic nitrogens is 2.